The van der Waals surface area contributed by atoms with E-state index in [2.05, 4.69) is 11.6 Å². The number of rotatable bonds is 4. The molecular weight excluding hydrogens is 380 g/mol. The fourth-order valence-corrected chi connectivity index (χ4v) is 4.45. The Hall–Kier alpha value is -3.80. The number of aromatic hydroxyl groups is 1. The van der Waals surface area contributed by atoms with E-state index in [-0.39, 0.29) is 11.3 Å². The van der Waals surface area contributed by atoms with Gasteiger partial charge in [0.05, 0.1) is 36.2 Å². The van der Waals surface area contributed by atoms with E-state index in [1.165, 1.54) is 7.11 Å². The summed E-state index contributed by atoms with van der Waals surface area (Å²) in [5, 5.41) is 13.4. The van der Waals surface area contributed by atoms with Gasteiger partial charge in [-0.1, -0.05) is 12.2 Å². The lowest BCUT2D eigenvalue weighted by atomic mass is 10.00. The molecule has 2 aromatic carbocycles. The fraction of sp³-hybridized carbons (Fsp3) is 0.167. The van der Waals surface area contributed by atoms with Gasteiger partial charge in [0, 0.05) is 27.9 Å². The van der Waals surface area contributed by atoms with Gasteiger partial charge >= 0.3 is 0 Å². The lowest BCUT2D eigenvalue weighted by Crippen LogP contribution is -2.14. The van der Waals surface area contributed by atoms with Gasteiger partial charge in [0.15, 0.2) is 11.5 Å². The van der Waals surface area contributed by atoms with Crippen molar-refractivity contribution in [3.05, 3.63) is 64.6 Å². The third-order valence-electron chi connectivity index (χ3n) is 5.62. The number of hydrogen-bond acceptors (Lipinski definition) is 5. The molecule has 0 saturated carbocycles. The largest absolute Gasteiger partial charge is 0.508 e. The van der Waals surface area contributed by atoms with E-state index in [0.717, 1.165) is 27.4 Å². The highest BCUT2D eigenvalue weighted by atomic mass is 16.5. The van der Waals surface area contributed by atoms with Crippen LogP contribution in [0.25, 0.3) is 38.1 Å². The van der Waals surface area contributed by atoms with Crippen molar-refractivity contribution in [1.82, 2.24) is 9.38 Å². The van der Waals surface area contributed by atoms with Crippen molar-refractivity contribution in [2.75, 3.05) is 14.2 Å². The Balaban J connectivity index is 2.12. The number of phenols is 1. The molecule has 0 aliphatic heterocycles. The molecule has 0 fully saturated rings. The molecule has 1 N–H and O–H groups in total. The van der Waals surface area contributed by atoms with Gasteiger partial charge in [-0.3, -0.25) is 14.2 Å². The van der Waals surface area contributed by atoms with E-state index >= 15 is 0 Å². The molecule has 3 aromatic heterocycles. The topological polar surface area (TPSA) is 73.1 Å². The van der Waals surface area contributed by atoms with Crippen molar-refractivity contribution in [3.63, 3.8) is 0 Å². The van der Waals surface area contributed by atoms with Crippen molar-refractivity contribution in [2.24, 2.45) is 0 Å². The van der Waals surface area contributed by atoms with Crippen LogP contribution in [-0.2, 0) is 6.42 Å². The molecule has 6 heteroatoms. The predicted molar refractivity (Wildman–Crippen MR) is 118 cm³/mol. The van der Waals surface area contributed by atoms with E-state index in [9.17, 15) is 9.90 Å². The van der Waals surface area contributed by atoms with E-state index in [4.69, 9.17) is 9.47 Å². The van der Waals surface area contributed by atoms with Crippen molar-refractivity contribution in [3.8, 4) is 17.2 Å². The summed E-state index contributed by atoms with van der Waals surface area (Å²) in [6, 6.07) is 8.90. The van der Waals surface area contributed by atoms with Crippen LogP contribution in [0.3, 0.4) is 0 Å². The van der Waals surface area contributed by atoms with Crippen LogP contribution in [0.1, 0.15) is 12.5 Å². The third-order valence-corrected chi connectivity index (χ3v) is 5.62. The molecule has 0 amide bonds. The SMILES string of the molecule is C=C(C)Cc1c(O)ccc2c1c1ccnc3c4ccc(OC)c(OC)c4c(=O)n2c13. The maximum absolute atomic E-state index is 13.8. The average molecular weight is 400 g/mol. The summed E-state index contributed by atoms with van der Waals surface area (Å²) >= 11 is 0. The first-order valence-electron chi connectivity index (χ1n) is 9.56. The predicted octanol–water partition coefficient (Wildman–Crippen LogP) is 4.43. The van der Waals surface area contributed by atoms with Crippen molar-refractivity contribution < 1.29 is 14.6 Å². The highest BCUT2D eigenvalue weighted by Crippen LogP contribution is 2.41. The van der Waals surface area contributed by atoms with Crippen LogP contribution >= 0.6 is 0 Å². The second-order valence-electron chi connectivity index (χ2n) is 7.51. The average Bonchev–Trinajstić information content (AvgIpc) is 3.08. The molecule has 0 atom stereocenters. The summed E-state index contributed by atoms with van der Waals surface area (Å²) in [6.07, 6.45) is 2.24. The number of hydrogen-bond donors (Lipinski definition) is 1. The summed E-state index contributed by atoms with van der Waals surface area (Å²) in [5.41, 5.74) is 3.60. The minimum Gasteiger partial charge on any atom is -0.508 e. The number of ether oxygens (including phenoxy) is 2. The quantitative estimate of drug-likeness (QED) is 0.357. The first kappa shape index (κ1) is 18.2. The number of nitrogens with zero attached hydrogens (tertiary/aromatic N) is 2. The van der Waals surface area contributed by atoms with E-state index < -0.39 is 0 Å². The zero-order chi connectivity index (χ0) is 21.2. The monoisotopic (exact) mass is 400 g/mol. The number of aromatic nitrogens is 2. The molecule has 3 heterocycles. The van der Waals surface area contributed by atoms with Crippen molar-refractivity contribution in [1.29, 1.82) is 0 Å². The summed E-state index contributed by atoms with van der Waals surface area (Å²) in [6.45, 7) is 5.91. The van der Waals surface area contributed by atoms with Crippen LogP contribution in [0, 0.1) is 0 Å². The second kappa shape index (κ2) is 6.35. The molecule has 0 saturated heterocycles. The van der Waals surface area contributed by atoms with Gasteiger partial charge in [-0.15, -0.1) is 0 Å². The van der Waals surface area contributed by atoms with Crippen LogP contribution in [0.2, 0.25) is 0 Å². The maximum Gasteiger partial charge on any atom is 0.267 e. The Bertz CT molecular complexity index is 1550. The molecule has 0 aliphatic rings. The van der Waals surface area contributed by atoms with Crippen LogP contribution in [0.4, 0.5) is 0 Å². The molecule has 0 spiro atoms. The summed E-state index contributed by atoms with van der Waals surface area (Å²) in [7, 11) is 3.06. The highest BCUT2D eigenvalue weighted by molar-refractivity contribution is 6.20. The standard InChI is InChI=1S/C24H20N2O4/c1-12(2)11-15-17(27)7-6-16-19(15)14-9-10-25-21-13-5-8-18(29-3)23(30-4)20(13)24(28)26(16)22(14)21/h5-10,27H,1,11H2,2-4H3. The van der Waals surface area contributed by atoms with Crippen molar-refractivity contribution in [2.45, 2.75) is 13.3 Å². The Morgan fingerprint density at radius 3 is 2.60 bits per heavy atom. The van der Waals surface area contributed by atoms with Gasteiger partial charge in [0.1, 0.15) is 5.75 Å². The Kier molecular flexibility index (Phi) is 3.86. The number of benzene rings is 2. The molecule has 5 rings (SSSR count). The highest BCUT2D eigenvalue weighted by Gasteiger charge is 2.23. The Labute approximate surface area is 171 Å². The first-order chi connectivity index (χ1) is 14.5. The molecule has 150 valence electrons. The van der Waals surface area contributed by atoms with Gasteiger partial charge in [0.25, 0.3) is 5.56 Å². The molecule has 0 bridgehead atoms. The van der Waals surface area contributed by atoms with Gasteiger partial charge in [-0.2, -0.15) is 0 Å². The van der Waals surface area contributed by atoms with Gasteiger partial charge < -0.3 is 14.6 Å². The Morgan fingerprint density at radius 1 is 1.10 bits per heavy atom. The zero-order valence-electron chi connectivity index (χ0n) is 16.9. The minimum atomic E-state index is -0.215. The molecule has 30 heavy (non-hydrogen) atoms. The van der Waals surface area contributed by atoms with Crippen LogP contribution in [0.5, 0.6) is 17.2 Å². The fourth-order valence-electron chi connectivity index (χ4n) is 4.45. The second-order valence-corrected chi connectivity index (χ2v) is 7.51. The lowest BCUT2D eigenvalue weighted by Gasteiger charge is -2.12. The van der Waals surface area contributed by atoms with Gasteiger partial charge in [0.2, 0.25) is 0 Å². The number of pyridine rings is 2. The summed E-state index contributed by atoms with van der Waals surface area (Å²) < 4.78 is 12.6. The Morgan fingerprint density at radius 2 is 1.90 bits per heavy atom. The third kappa shape index (κ3) is 2.24. The number of methoxy groups -OCH3 is 2. The molecule has 5 aromatic rings. The normalized spacial score (nSPS) is 11.7. The van der Waals surface area contributed by atoms with Crippen molar-refractivity contribution >= 4 is 38.1 Å². The minimum absolute atomic E-state index is 0.186. The summed E-state index contributed by atoms with van der Waals surface area (Å²) in [4.78, 5) is 18.4. The van der Waals surface area contributed by atoms with E-state index in [1.54, 1.807) is 35.9 Å². The summed E-state index contributed by atoms with van der Waals surface area (Å²) in [5.74, 6) is 1.05. The first-order valence-corrected chi connectivity index (χ1v) is 9.56. The maximum atomic E-state index is 13.8. The van der Waals surface area contributed by atoms with Crippen LogP contribution in [-0.4, -0.2) is 28.7 Å². The molecule has 0 unspecified atom stereocenters. The lowest BCUT2D eigenvalue weighted by molar-refractivity contribution is 0.358. The molecule has 0 aliphatic carbocycles. The molecular formula is C24H20N2O4. The molecule has 0 radical (unpaired) electrons. The number of phenolic OH excluding ortho intramolecular Hbond substituents is 1. The zero-order valence-corrected chi connectivity index (χ0v) is 16.9. The number of allylic oxidation sites excluding steroid dienone is 1. The van der Waals surface area contributed by atoms with E-state index in [0.29, 0.717) is 39.7 Å². The van der Waals surface area contributed by atoms with Gasteiger partial charge in [-0.05, 0) is 43.7 Å². The number of fused-ring (bicyclic) bond motifs is 5. The molecule has 6 nitrogen and oxygen atoms in total. The van der Waals surface area contributed by atoms with Crippen LogP contribution < -0.4 is 15.0 Å². The smallest absolute Gasteiger partial charge is 0.267 e. The van der Waals surface area contributed by atoms with Crippen LogP contribution in [0.15, 0.2) is 53.5 Å². The van der Waals surface area contributed by atoms with Gasteiger partial charge in [-0.25, -0.2) is 0 Å². The van der Waals surface area contributed by atoms with E-state index in [1.807, 2.05) is 19.1 Å².